The third kappa shape index (κ3) is 4.48. The monoisotopic (exact) mass is 384 g/mol. The van der Waals surface area contributed by atoms with Crippen LogP contribution in [0.4, 0.5) is 0 Å². The first kappa shape index (κ1) is 18.0. The molecular formula is C25H22P2. The van der Waals surface area contributed by atoms with Crippen LogP contribution in [0.25, 0.3) is 0 Å². The van der Waals surface area contributed by atoms with Gasteiger partial charge in [0, 0.05) is 13.6 Å². The minimum absolute atomic E-state index is 0.514. The summed E-state index contributed by atoms with van der Waals surface area (Å²) >= 11 is 0. The van der Waals surface area contributed by atoms with Crippen molar-refractivity contribution in [2.75, 3.05) is 0 Å². The fourth-order valence-corrected chi connectivity index (χ4v) is 8.78. The van der Waals surface area contributed by atoms with Crippen molar-refractivity contribution in [3.05, 3.63) is 121 Å². The lowest BCUT2D eigenvalue weighted by atomic mass is 10.2. The SMILES string of the molecule is C1=C[C-](/[P+](=C/P(c2ccccc2)c2ccccc2)c2ccccc2)C=CC1. The summed E-state index contributed by atoms with van der Waals surface area (Å²) in [5.41, 5.74) is 4.06. The van der Waals surface area contributed by atoms with Crippen LogP contribution in [-0.2, 0) is 0 Å². The topological polar surface area (TPSA) is 0 Å². The first-order valence-electron chi connectivity index (χ1n) is 9.20. The lowest BCUT2D eigenvalue weighted by Gasteiger charge is -2.17. The maximum Gasteiger partial charge on any atom is 0.142 e. The van der Waals surface area contributed by atoms with Gasteiger partial charge in [0.15, 0.2) is 0 Å². The molecule has 0 saturated carbocycles. The molecule has 0 aliphatic heterocycles. The average Bonchev–Trinajstić information content (AvgIpc) is 2.77. The van der Waals surface area contributed by atoms with E-state index in [0.29, 0.717) is 0 Å². The van der Waals surface area contributed by atoms with Crippen molar-refractivity contribution < 1.29 is 0 Å². The fourth-order valence-electron chi connectivity index (χ4n) is 3.12. The van der Waals surface area contributed by atoms with Gasteiger partial charge in [0.25, 0.3) is 0 Å². The van der Waals surface area contributed by atoms with Crippen molar-refractivity contribution in [1.82, 2.24) is 0 Å². The highest BCUT2D eigenvalue weighted by molar-refractivity contribution is 7.97. The molecule has 1 aliphatic rings. The van der Waals surface area contributed by atoms with Gasteiger partial charge in [0.2, 0.25) is 0 Å². The molecule has 0 aromatic heterocycles. The molecule has 1 unspecified atom stereocenters. The largest absolute Gasteiger partial charge is 0.183 e. The number of rotatable bonds is 5. The number of hydrogen-bond acceptors (Lipinski definition) is 0. The van der Waals surface area contributed by atoms with Crippen LogP contribution >= 0.6 is 15.5 Å². The Hall–Kier alpha value is -2.39. The van der Waals surface area contributed by atoms with Gasteiger partial charge in [-0.25, -0.2) is 0 Å². The Morgan fingerprint density at radius 3 is 1.67 bits per heavy atom. The minimum atomic E-state index is -0.523. The van der Waals surface area contributed by atoms with Gasteiger partial charge < -0.3 is 0 Å². The highest BCUT2D eigenvalue weighted by Gasteiger charge is 2.23. The van der Waals surface area contributed by atoms with Crippen molar-refractivity contribution in [2.45, 2.75) is 6.42 Å². The number of allylic oxidation sites excluding steroid dienone is 4. The van der Waals surface area contributed by atoms with Crippen molar-refractivity contribution in [2.24, 2.45) is 0 Å². The van der Waals surface area contributed by atoms with Crippen LogP contribution in [0, 0.1) is 5.66 Å². The smallest absolute Gasteiger partial charge is 0.142 e. The Bertz CT molecular complexity index is 890. The van der Waals surface area contributed by atoms with Gasteiger partial charge in [-0.15, -0.1) is 18.6 Å². The normalized spacial score (nSPS) is 14.0. The molecule has 0 spiro atoms. The third-order valence-corrected chi connectivity index (χ3v) is 9.73. The zero-order chi connectivity index (χ0) is 18.3. The highest BCUT2D eigenvalue weighted by Crippen LogP contribution is 2.45. The van der Waals surface area contributed by atoms with Crippen LogP contribution in [0.2, 0.25) is 0 Å². The summed E-state index contributed by atoms with van der Waals surface area (Å²) in [6.07, 6.45) is 10.2. The lowest BCUT2D eigenvalue weighted by molar-refractivity contribution is 1.33. The zero-order valence-electron chi connectivity index (χ0n) is 15.1. The second kappa shape index (κ2) is 9.01. The van der Waals surface area contributed by atoms with Crippen LogP contribution in [0.5, 0.6) is 0 Å². The average molecular weight is 384 g/mol. The van der Waals surface area contributed by atoms with Crippen LogP contribution in [0.3, 0.4) is 0 Å². The molecule has 1 atom stereocenters. The second-order valence-electron chi connectivity index (χ2n) is 6.33. The molecule has 0 fully saturated rings. The quantitative estimate of drug-likeness (QED) is 0.389. The maximum atomic E-state index is 2.62. The zero-order valence-corrected chi connectivity index (χ0v) is 16.9. The lowest BCUT2D eigenvalue weighted by Crippen LogP contribution is -2.13. The van der Waals surface area contributed by atoms with Gasteiger partial charge in [0.05, 0.1) is 0 Å². The van der Waals surface area contributed by atoms with E-state index in [2.05, 4.69) is 121 Å². The summed E-state index contributed by atoms with van der Waals surface area (Å²) in [7, 11) is -1.04. The Kier molecular flexibility index (Phi) is 6.00. The molecule has 0 N–H and O–H groups in total. The second-order valence-corrected chi connectivity index (χ2v) is 10.8. The first-order chi connectivity index (χ1) is 13.4. The van der Waals surface area contributed by atoms with Crippen molar-refractivity contribution in [3.63, 3.8) is 0 Å². The summed E-state index contributed by atoms with van der Waals surface area (Å²) in [6, 6.07) is 32.8. The first-order valence-corrected chi connectivity index (χ1v) is 12.0. The van der Waals surface area contributed by atoms with E-state index in [9.17, 15) is 0 Å². The van der Waals surface area contributed by atoms with Gasteiger partial charge in [-0.3, -0.25) is 0 Å². The minimum Gasteiger partial charge on any atom is -0.183 e. The Morgan fingerprint density at radius 2 is 1.15 bits per heavy atom. The van der Waals surface area contributed by atoms with Crippen molar-refractivity contribution in [1.29, 1.82) is 0 Å². The third-order valence-electron chi connectivity index (χ3n) is 4.46. The molecule has 3 aromatic carbocycles. The summed E-state index contributed by atoms with van der Waals surface area (Å²) < 4.78 is 0. The Labute approximate surface area is 164 Å². The predicted molar refractivity (Wildman–Crippen MR) is 124 cm³/mol. The van der Waals surface area contributed by atoms with E-state index in [-0.39, 0.29) is 0 Å². The van der Waals surface area contributed by atoms with Gasteiger partial charge in [0.1, 0.15) is 18.4 Å². The van der Waals surface area contributed by atoms with Crippen molar-refractivity contribution >= 4 is 36.9 Å². The van der Waals surface area contributed by atoms with Gasteiger partial charge in [-0.2, -0.15) is 12.2 Å². The van der Waals surface area contributed by atoms with Gasteiger partial charge >= 0.3 is 0 Å². The maximum absolute atomic E-state index is 2.62. The molecule has 3 aromatic rings. The summed E-state index contributed by atoms with van der Waals surface area (Å²) in [4.78, 5) is 0. The van der Waals surface area contributed by atoms with E-state index in [1.54, 1.807) is 0 Å². The Balaban J connectivity index is 1.85. The molecule has 0 radical (unpaired) electrons. The molecule has 4 rings (SSSR count). The highest BCUT2D eigenvalue weighted by atomic mass is 31.2. The van der Waals surface area contributed by atoms with Crippen molar-refractivity contribution in [3.8, 4) is 0 Å². The molecule has 0 bridgehead atoms. The molecule has 27 heavy (non-hydrogen) atoms. The van der Waals surface area contributed by atoms with Crippen LogP contribution in [-0.4, -0.2) is 5.54 Å². The summed E-state index contributed by atoms with van der Waals surface area (Å²) in [6.45, 7) is 0. The molecule has 1 aliphatic carbocycles. The number of hydrogen-bond donors (Lipinski definition) is 0. The molecular weight excluding hydrogens is 362 g/mol. The van der Waals surface area contributed by atoms with Crippen LogP contribution in [0.15, 0.2) is 115 Å². The van der Waals surface area contributed by atoms with Crippen LogP contribution in [0.1, 0.15) is 6.42 Å². The fraction of sp³-hybridized carbons (Fsp3) is 0.0400. The van der Waals surface area contributed by atoms with E-state index in [1.807, 2.05) is 0 Å². The van der Waals surface area contributed by atoms with Gasteiger partial charge in [-0.1, -0.05) is 78.9 Å². The molecule has 0 nitrogen and oxygen atoms in total. The van der Waals surface area contributed by atoms with E-state index in [0.717, 1.165) is 6.42 Å². The molecule has 0 amide bonds. The predicted octanol–water partition coefficient (Wildman–Crippen LogP) is 5.73. The van der Waals surface area contributed by atoms with Gasteiger partial charge in [-0.05, 0) is 22.7 Å². The summed E-state index contributed by atoms with van der Waals surface area (Å²) in [5, 5.41) is 4.23. The molecule has 0 heterocycles. The van der Waals surface area contributed by atoms with Crippen LogP contribution < -0.4 is 15.9 Å². The molecule has 2 heteroatoms. The van der Waals surface area contributed by atoms with E-state index >= 15 is 0 Å². The van der Waals surface area contributed by atoms with E-state index < -0.39 is 15.5 Å². The standard InChI is InChI=1S/C25H22P2/c1-5-13-22(14-6-1)26(23-15-7-2-8-16-23)21-27(24-17-9-3-10-18-24)25-19-11-4-12-20-25/h1-3,5-21H,4H2. The molecule has 132 valence electrons. The summed E-state index contributed by atoms with van der Waals surface area (Å²) in [5.74, 6) is 0. The Morgan fingerprint density at radius 1 is 0.667 bits per heavy atom. The van der Waals surface area contributed by atoms with E-state index in [4.69, 9.17) is 0 Å². The van der Waals surface area contributed by atoms with E-state index in [1.165, 1.54) is 21.6 Å². The number of benzene rings is 3. The molecule has 0 saturated heterocycles.